The third-order valence-electron chi connectivity index (χ3n) is 2.06. The van der Waals surface area contributed by atoms with Crippen LogP contribution in [-0.2, 0) is 6.54 Å². The van der Waals surface area contributed by atoms with Gasteiger partial charge in [-0.3, -0.25) is 0 Å². The first-order valence-electron chi connectivity index (χ1n) is 4.57. The Labute approximate surface area is 95.6 Å². The van der Waals surface area contributed by atoms with Gasteiger partial charge in [0.1, 0.15) is 5.82 Å². The van der Waals surface area contributed by atoms with E-state index in [2.05, 4.69) is 26.2 Å². The molecule has 0 saturated carbocycles. The minimum absolute atomic E-state index is 0.243. The molecule has 15 heavy (non-hydrogen) atoms. The van der Waals surface area contributed by atoms with Crippen molar-refractivity contribution in [2.45, 2.75) is 6.54 Å². The van der Waals surface area contributed by atoms with Crippen LogP contribution in [0.1, 0.15) is 5.69 Å². The van der Waals surface area contributed by atoms with Crippen molar-refractivity contribution in [1.29, 1.82) is 0 Å². The molecule has 1 aromatic carbocycles. The molecule has 0 atom stereocenters. The van der Waals surface area contributed by atoms with E-state index < -0.39 is 0 Å². The number of hydrogen-bond donors (Lipinski definition) is 2. The average Bonchev–Trinajstić information content (AvgIpc) is 2.69. The number of aromatic amines is 1. The molecule has 0 spiro atoms. The molecule has 0 saturated heterocycles. The lowest BCUT2D eigenvalue weighted by molar-refractivity contribution is 0.627. The number of nitrogens with one attached hydrogen (secondary N) is 2. The number of rotatable bonds is 3. The second kappa shape index (κ2) is 4.49. The number of halogens is 2. The van der Waals surface area contributed by atoms with Crippen LogP contribution in [0, 0.1) is 5.82 Å². The minimum atomic E-state index is -0.243. The third kappa shape index (κ3) is 2.59. The van der Waals surface area contributed by atoms with Crippen molar-refractivity contribution in [1.82, 2.24) is 4.98 Å². The van der Waals surface area contributed by atoms with Gasteiger partial charge in [-0.25, -0.2) is 4.39 Å². The van der Waals surface area contributed by atoms with E-state index in [0.717, 1.165) is 15.9 Å². The van der Waals surface area contributed by atoms with Crippen LogP contribution < -0.4 is 5.32 Å². The van der Waals surface area contributed by atoms with Crippen LogP contribution in [0.4, 0.5) is 10.1 Å². The number of hydrogen-bond acceptors (Lipinski definition) is 1. The summed E-state index contributed by atoms with van der Waals surface area (Å²) < 4.78 is 13.5. The molecule has 1 aromatic heterocycles. The van der Waals surface area contributed by atoms with E-state index in [1.54, 1.807) is 6.07 Å². The quantitative estimate of drug-likeness (QED) is 0.876. The van der Waals surface area contributed by atoms with Crippen molar-refractivity contribution in [3.05, 3.63) is 52.5 Å². The predicted octanol–water partition coefficient (Wildman–Crippen LogP) is 3.53. The smallest absolute Gasteiger partial charge is 0.124 e. The van der Waals surface area contributed by atoms with Gasteiger partial charge in [-0.05, 0) is 46.3 Å². The van der Waals surface area contributed by atoms with Crippen LogP contribution in [0.5, 0.6) is 0 Å². The molecule has 2 rings (SSSR count). The van der Waals surface area contributed by atoms with Crippen LogP contribution in [-0.4, -0.2) is 4.98 Å². The van der Waals surface area contributed by atoms with E-state index in [1.165, 1.54) is 12.1 Å². The summed E-state index contributed by atoms with van der Waals surface area (Å²) >= 11 is 3.30. The SMILES string of the molecule is Fc1ccc(NCc2ccc[nH]2)c(Br)c1. The largest absolute Gasteiger partial charge is 0.379 e. The van der Waals surface area contributed by atoms with E-state index in [-0.39, 0.29) is 5.82 Å². The van der Waals surface area contributed by atoms with Crippen molar-refractivity contribution in [3.8, 4) is 0 Å². The van der Waals surface area contributed by atoms with E-state index in [9.17, 15) is 4.39 Å². The molecule has 0 unspecified atom stereocenters. The summed E-state index contributed by atoms with van der Waals surface area (Å²) in [6, 6.07) is 8.52. The molecule has 0 aliphatic heterocycles. The Morgan fingerprint density at radius 2 is 2.20 bits per heavy atom. The van der Waals surface area contributed by atoms with Gasteiger partial charge in [0.25, 0.3) is 0 Å². The Balaban J connectivity index is 2.05. The number of aromatic nitrogens is 1. The molecule has 0 fully saturated rings. The summed E-state index contributed by atoms with van der Waals surface area (Å²) in [6.45, 7) is 0.692. The van der Waals surface area contributed by atoms with Crippen LogP contribution in [0.15, 0.2) is 41.0 Å². The highest BCUT2D eigenvalue weighted by molar-refractivity contribution is 9.10. The molecule has 0 aliphatic carbocycles. The molecular weight excluding hydrogens is 259 g/mol. The standard InChI is InChI=1S/C11H10BrFN2/c12-10-6-8(13)3-4-11(10)15-7-9-2-1-5-14-9/h1-6,14-15H,7H2. The van der Waals surface area contributed by atoms with E-state index >= 15 is 0 Å². The summed E-state index contributed by atoms with van der Waals surface area (Å²) in [5, 5.41) is 3.20. The summed E-state index contributed by atoms with van der Waals surface area (Å²) in [6.07, 6.45) is 1.87. The highest BCUT2D eigenvalue weighted by Gasteiger charge is 2.00. The van der Waals surface area contributed by atoms with Gasteiger partial charge in [0.05, 0.1) is 6.54 Å². The monoisotopic (exact) mass is 268 g/mol. The topological polar surface area (TPSA) is 27.8 Å². The Morgan fingerprint density at radius 3 is 2.87 bits per heavy atom. The van der Waals surface area contributed by atoms with Crippen molar-refractivity contribution >= 4 is 21.6 Å². The van der Waals surface area contributed by atoms with Gasteiger partial charge in [0.15, 0.2) is 0 Å². The molecule has 78 valence electrons. The lowest BCUT2D eigenvalue weighted by Crippen LogP contribution is -2.00. The third-order valence-corrected chi connectivity index (χ3v) is 2.72. The zero-order valence-corrected chi connectivity index (χ0v) is 9.51. The van der Waals surface area contributed by atoms with E-state index in [1.807, 2.05) is 18.3 Å². The van der Waals surface area contributed by atoms with Crippen molar-refractivity contribution in [2.24, 2.45) is 0 Å². The van der Waals surface area contributed by atoms with Gasteiger partial charge in [0, 0.05) is 22.1 Å². The molecule has 4 heteroatoms. The maximum Gasteiger partial charge on any atom is 0.124 e. The summed E-state index contributed by atoms with van der Waals surface area (Å²) in [5.41, 5.74) is 1.97. The highest BCUT2D eigenvalue weighted by atomic mass is 79.9. The Hall–Kier alpha value is -1.29. The first kappa shape index (κ1) is 10.2. The molecule has 0 radical (unpaired) electrons. The van der Waals surface area contributed by atoms with Crippen LogP contribution in [0.2, 0.25) is 0 Å². The second-order valence-electron chi connectivity index (χ2n) is 3.17. The zero-order valence-electron chi connectivity index (χ0n) is 7.93. The average molecular weight is 269 g/mol. The number of H-pyrrole nitrogens is 1. The van der Waals surface area contributed by atoms with Crippen LogP contribution in [0.25, 0.3) is 0 Å². The normalized spacial score (nSPS) is 10.3. The molecular formula is C11H10BrFN2. The maximum absolute atomic E-state index is 12.8. The van der Waals surface area contributed by atoms with Crippen molar-refractivity contribution in [3.63, 3.8) is 0 Å². The predicted molar refractivity (Wildman–Crippen MR) is 62.2 cm³/mol. The minimum Gasteiger partial charge on any atom is -0.379 e. The van der Waals surface area contributed by atoms with E-state index in [4.69, 9.17) is 0 Å². The molecule has 2 aromatic rings. The molecule has 0 amide bonds. The molecule has 2 N–H and O–H groups in total. The Kier molecular flexibility index (Phi) is 3.06. The van der Waals surface area contributed by atoms with E-state index in [0.29, 0.717) is 6.54 Å². The fourth-order valence-electron chi connectivity index (χ4n) is 1.30. The maximum atomic E-state index is 12.8. The molecule has 2 nitrogen and oxygen atoms in total. The van der Waals surface area contributed by atoms with Crippen LogP contribution >= 0.6 is 15.9 Å². The van der Waals surface area contributed by atoms with Gasteiger partial charge in [-0.1, -0.05) is 0 Å². The van der Waals surface area contributed by atoms with Gasteiger partial charge in [-0.15, -0.1) is 0 Å². The highest BCUT2D eigenvalue weighted by Crippen LogP contribution is 2.23. The van der Waals surface area contributed by atoms with Gasteiger partial charge < -0.3 is 10.3 Å². The fourth-order valence-corrected chi connectivity index (χ4v) is 1.79. The number of benzene rings is 1. The van der Waals surface area contributed by atoms with Gasteiger partial charge >= 0.3 is 0 Å². The summed E-state index contributed by atoms with van der Waals surface area (Å²) in [4.78, 5) is 3.09. The Bertz CT molecular complexity index is 440. The first-order valence-corrected chi connectivity index (χ1v) is 5.36. The van der Waals surface area contributed by atoms with Crippen molar-refractivity contribution < 1.29 is 4.39 Å². The summed E-state index contributed by atoms with van der Waals surface area (Å²) in [7, 11) is 0. The van der Waals surface area contributed by atoms with Crippen LogP contribution in [0.3, 0.4) is 0 Å². The second-order valence-corrected chi connectivity index (χ2v) is 4.03. The summed E-state index contributed by atoms with van der Waals surface area (Å²) in [5.74, 6) is -0.243. The number of anilines is 1. The van der Waals surface area contributed by atoms with Gasteiger partial charge in [0.2, 0.25) is 0 Å². The molecule has 0 bridgehead atoms. The molecule has 1 heterocycles. The Morgan fingerprint density at radius 1 is 1.33 bits per heavy atom. The first-order chi connectivity index (χ1) is 7.25. The lowest BCUT2D eigenvalue weighted by atomic mass is 10.3. The van der Waals surface area contributed by atoms with Gasteiger partial charge in [-0.2, -0.15) is 0 Å². The zero-order chi connectivity index (χ0) is 10.7. The van der Waals surface area contributed by atoms with Crippen molar-refractivity contribution in [2.75, 3.05) is 5.32 Å². The fraction of sp³-hybridized carbons (Fsp3) is 0.0909. The molecule has 0 aliphatic rings. The lowest BCUT2D eigenvalue weighted by Gasteiger charge is -2.07.